The van der Waals surface area contributed by atoms with Gasteiger partial charge in [0.15, 0.2) is 11.5 Å². The minimum atomic E-state index is 0.0998. The highest BCUT2D eigenvalue weighted by atomic mass is 16.5. The van der Waals surface area contributed by atoms with E-state index in [0.29, 0.717) is 11.3 Å². The number of carbonyl (C=O) groups is 1. The van der Waals surface area contributed by atoms with Gasteiger partial charge in [0.25, 0.3) is 0 Å². The first-order chi connectivity index (χ1) is 8.24. The van der Waals surface area contributed by atoms with Crippen molar-refractivity contribution in [3.63, 3.8) is 0 Å². The Bertz CT molecular complexity index is 547. The number of benzene rings is 2. The van der Waals surface area contributed by atoms with Crippen molar-refractivity contribution in [2.75, 3.05) is 7.11 Å². The van der Waals surface area contributed by atoms with E-state index in [9.17, 15) is 9.90 Å². The third-order valence-corrected chi connectivity index (χ3v) is 2.54. The molecule has 3 nitrogen and oxygen atoms in total. The van der Waals surface area contributed by atoms with Crippen molar-refractivity contribution >= 4 is 6.29 Å². The summed E-state index contributed by atoms with van der Waals surface area (Å²) in [6.07, 6.45) is 0.807. The Balaban J connectivity index is 2.48. The molecule has 2 aromatic carbocycles. The van der Waals surface area contributed by atoms with Crippen molar-refractivity contribution in [1.82, 2.24) is 0 Å². The third kappa shape index (κ3) is 2.28. The molecule has 0 radical (unpaired) electrons. The third-order valence-electron chi connectivity index (χ3n) is 2.54. The Morgan fingerprint density at radius 3 is 2.59 bits per heavy atom. The molecular weight excluding hydrogens is 216 g/mol. The summed E-state index contributed by atoms with van der Waals surface area (Å²) in [6.45, 7) is 0. The average Bonchev–Trinajstić information content (AvgIpc) is 2.39. The molecule has 0 aliphatic carbocycles. The second-order valence-corrected chi connectivity index (χ2v) is 3.63. The van der Waals surface area contributed by atoms with Crippen LogP contribution in [-0.2, 0) is 0 Å². The van der Waals surface area contributed by atoms with Crippen molar-refractivity contribution in [2.45, 2.75) is 0 Å². The van der Waals surface area contributed by atoms with Crippen LogP contribution < -0.4 is 4.74 Å². The Labute approximate surface area is 99.3 Å². The molecule has 0 amide bonds. The molecule has 0 aliphatic heterocycles. The summed E-state index contributed by atoms with van der Waals surface area (Å²) in [5.41, 5.74) is 2.42. The summed E-state index contributed by atoms with van der Waals surface area (Å²) in [5.74, 6) is 0.516. The monoisotopic (exact) mass is 228 g/mol. The predicted octanol–water partition coefficient (Wildman–Crippen LogP) is 2.88. The average molecular weight is 228 g/mol. The second kappa shape index (κ2) is 4.70. The Hall–Kier alpha value is -2.29. The molecule has 0 bridgehead atoms. The van der Waals surface area contributed by atoms with E-state index in [-0.39, 0.29) is 5.75 Å². The molecule has 0 heterocycles. The van der Waals surface area contributed by atoms with Crippen molar-refractivity contribution in [3.05, 3.63) is 48.0 Å². The Morgan fingerprint density at radius 2 is 1.88 bits per heavy atom. The number of hydrogen-bond donors (Lipinski definition) is 1. The molecule has 17 heavy (non-hydrogen) atoms. The number of phenols is 1. The lowest BCUT2D eigenvalue weighted by atomic mass is 10.0. The molecule has 0 saturated heterocycles. The van der Waals surface area contributed by atoms with Crippen LogP contribution in [0.25, 0.3) is 11.1 Å². The minimum absolute atomic E-state index is 0.0998. The van der Waals surface area contributed by atoms with Gasteiger partial charge in [-0.05, 0) is 29.3 Å². The van der Waals surface area contributed by atoms with Crippen LogP contribution in [0.2, 0.25) is 0 Å². The fraction of sp³-hybridized carbons (Fsp3) is 0.0714. The van der Waals surface area contributed by atoms with Gasteiger partial charge in [0.2, 0.25) is 0 Å². The lowest BCUT2D eigenvalue weighted by Crippen LogP contribution is -1.86. The van der Waals surface area contributed by atoms with E-state index < -0.39 is 0 Å². The predicted molar refractivity (Wildman–Crippen MR) is 65.5 cm³/mol. The number of rotatable bonds is 3. The van der Waals surface area contributed by atoms with E-state index in [2.05, 4.69) is 0 Å². The van der Waals surface area contributed by atoms with Gasteiger partial charge < -0.3 is 9.84 Å². The number of aldehydes is 1. The van der Waals surface area contributed by atoms with Gasteiger partial charge in [0, 0.05) is 5.56 Å². The normalized spacial score (nSPS) is 9.94. The summed E-state index contributed by atoms with van der Waals surface area (Å²) in [4.78, 5) is 10.7. The lowest BCUT2D eigenvalue weighted by Gasteiger charge is -2.07. The maximum absolute atomic E-state index is 10.7. The quantitative estimate of drug-likeness (QED) is 0.821. The highest BCUT2D eigenvalue weighted by Gasteiger charge is 2.04. The Kier molecular flexibility index (Phi) is 3.10. The number of carbonyl (C=O) groups excluding carboxylic acids is 1. The van der Waals surface area contributed by atoms with Crippen LogP contribution in [0.4, 0.5) is 0 Å². The van der Waals surface area contributed by atoms with Crippen molar-refractivity contribution in [1.29, 1.82) is 0 Å². The van der Waals surface area contributed by atoms with E-state index >= 15 is 0 Å². The smallest absolute Gasteiger partial charge is 0.161 e. The summed E-state index contributed by atoms with van der Waals surface area (Å²) >= 11 is 0. The fourth-order valence-electron chi connectivity index (χ4n) is 1.65. The van der Waals surface area contributed by atoms with Crippen molar-refractivity contribution in [3.8, 4) is 22.6 Å². The first-order valence-electron chi connectivity index (χ1n) is 5.17. The van der Waals surface area contributed by atoms with Gasteiger partial charge in [0.1, 0.15) is 6.29 Å². The molecule has 0 aliphatic rings. The highest BCUT2D eigenvalue weighted by Crippen LogP contribution is 2.31. The molecule has 0 unspecified atom stereocenters. The van der Waals surface area contributed by atoms with Crippen LogP contribution in [0.3, 0.4) is 0 Å². The molecule has 1 N–H and O–H groups in total. The summed E-state index contributed by atoms with van der Waals surface area (Å²) in [6, 6.07) is 12.3. The topological polar surface area (TPSA) is 46.5 Å². The standard InChI is InChI=1S/C14H12O3/c1-17-14-8-12(5-6-13(14)16)11-4-2-3-10(7-11)9-15/h2-9,16H,1H3. The second-order valence-electron chi connectivity index (χ2n) is 3.63. The molecule has 2 aromatic rings. The number of aromatic hydroxyl groups is 1. The zero-order valence-electron chi connectivity index (χ0n) is 9.38. The van der Waals surface area contributed by atoms with Gasteiger partial charge in [0.05, 0.1) is 7.11 Å². The van der Waals surface area contributed by atoms with Gasteiger partial charge >= 0.3 is 0 Å². The minimum Gasteiger partial charge on any atom is -0.504 e. The lowest BCUT2D eigenvalue weighted by molar-refractivity contribution is 0.112. The van der Waals surface area contributed by atoms with Crippen molar-refractivity contribution in [2.24, 2.45) is 0 Å². The highest BCUT2D eigenvalue weighted by molar-refractivity contribution is 5.79. The van der Waals surface area contributed by atoms with Gasteiger partial charge in [-0.25, -0.2) is 0 Å². The van der Waals surface area contributed by atoms with Gasteiger partial charge in [-0.3, -0.25) is 4.79 Å². The molecule has 86 valence electrons. The number of methoxy groups -OCH3 is 1. The molecule has 0 spiro atoms. The molecule has 0 aromatic heterocycles. The van der Waals surface area contributed by atoms with Crippen LogP contribution in [-0.4, -0.2) is 18.5 Å². The van der Waals surface area contributed by atoms with E-state index in [1.807, 2.05) is 12.1 Å². The van der Waals surface area contributed by atoms with E-state index in [0.717, 1.165) is 17.4 Å². The molecule has 3 heteroatoms. The molecule has 0 fully saturated rings. The van der Waals surface area contributed by atoms with Crippen LogP contribution in [0, 0.1) is 0 Å². The maximum Gasteiger partial charge on any atom is 0.161 e. The summed E-state index contributed by atoms with van der Waals surface area (Å²) in [7, 11) is 1.50. The first-order valence-corrected chi connectivity index (χ1v) is 5.17. The zero-order valence-corrected chi connectivity index (χ0v) is 9.38. The summed E-state index contributed by atoms with van der Waals surface area (Å²) < 4.78 is 5.04. The molecule has 0 saturated carbocycles. The van der Waals surface area contributed by atoms with E-state index in [4.69, 9.17) is 4.74 Å². The SMILES string of the molecule is COc1cc(-c2cccc(C=O)c2)ccc1O. The van der Waals surface area contributed by atoms with Crippen LogP contribution in [0.15, 0.2) is 42.5 Å². The molecule has 0 atom stereocenters. The number of phenolic OH excluding ortho intramolecular Hbond substituents is 1. The van der Waals surface area contributed by atoms with Crippen LogP contribution in [0.5, 0.6) is 11.5 Å². The maximum atomic E-state index is 10.7. The van der Waals surface area contributed by atoms with Crippen molar-refractivity contribution < 1.29 is 14.6 Å². The summed E-state index contributed by atoms with van der Waals surface area (Å²) in [5, 5.41) is 9.50. The number of ether oxygens (including phenoxy) is 1. The van der Waals surface area contributed by atoms with Crippen LogP contribution >= 0.6 is 0 Å². The van der Waals surface area contributed by atoms with Gasteiger partial charge in [-0.15, -0.1) is 0 Å². The van der Waals surface area contributed by atoms with Gasteiger partial charge in [-0.2, -0.15) is 0 Å². The Morgan fingerprint density at radius 1 is 1.12 bits per heavy atom. The largest absolute Gasteiger partial charge is 0.504 e. The molecule has 2 rings (SSSR count). The first kappa shape index (κ1) is 11.2. The van der Waals surface area contributed by atoms with E-state index in [1.54, 1.807) is 30.3 Å². The number of hydrogen-bond acceptors (Lipinski definition) is 3. The molecular formula is C14H12O3. The zero-order chi connectivity index (χ0) is 12.3. The van der Waals surface area contributed by atoms with Gasteiger partial charge in [-0.1, -0.05) is 24.3 Å². The van der Waals surface area contributed by atoms with E-state index in [1.165, 1.54) is 7.11 Å². The van der Waals surface area contributed by atoms with Crippen LogP contribution in [0.1, 0.15) is 10.4 Å². The fourth-order valence-corrected chi connectivity index (χ4v) is 1.65.